The van der Waals surface area contributed by atoms with Crippen LogP contribution in [0.3, 0.4) is 0 Å². The molecule has 1 aromatic heterocycles. The average Bonchev–Trinajstić information content (AvgIpc) is 3.14. The molecule has 1 aliphatic rings. The third kappa shape index (κ3) is 3.71. The van der Waals surface area contributed by atoms with Gasteiger partial charge in [-0.3, -0.25) is 4.79 Å². The van der Waals surface area contributed by atoms with Crippen molar-refractivity contribution in [1.29, 1.82) is 0 Å². The van der Waals surface area contributed by atoms with Gasteiger partial charge in [0.1, 0.15) is 11.6 Å². The number of anilines is 1. The Kier molecular flexibility index (Phi) is 5.05. The lowest BCUT2D eigenvalue weighted by Gasteiger charge is -2.16. The van der Waals surface area contributed by atoms with Crippen molar-refractivity contribution < 1.29 is 14.3 Å². The summed E-state index contributed by atoms with van der Waals surface area (Å²) < 4.78 is 13.6. The van der Waals surface area contributed by atoms with E-state index in [2.05, 4.69) is 15.2 Å². The Balaban J connectivity index is 1.57. The van der Waals surface area contributed by atoms with E-state index in [0.717, 1.165) is 31.7 Å². The lowest BCUT2D eigenvalue weighted by Crippen LogP contribution is -2.29. The van der Waals surface area contributed by atoms with Crippen molar-refractivity contribution in [2.24, 2.45) is 0 Å². The number of nitrogens with zero attached hydrogens (tertiary/aromatic N) is 2. The molecular weight excluding hydrogens is 309 g/mol. The molecule has 1 atom stereocenters. The maximum Gasteiger partial charge on any atom is 0.252 e. The fraction of sp³-hybridized carbons (Fsp3) is 0.333. The van der Waals surface area contributed by atoms with Gasteiger partial charge in [-0.25, -0.2) is 9.37 Å². The van der Waals surface area contributed by atoms with E-state index in [1.807, 2.05) is 6.07 Å². The van der Waals surface area contributed by atoms with Crippen LogP contribution in [-0.2, 0) is 0 Å². The summed E-state index contributed by atoms with van der Waals surface area (Å²) in [6.45, 7) is 1.92. The Morgan fingerprint density at radius 3 is 2.67 bits per heavy atom. The van der Waals surface area contributed by atoms with Gasteiger partial charge in [0.05, 0.1) is 11.7 Å². The molecule has 126 valence electrons. The number of benzene rings is 1. The van der Waals surface area contributed by atoms with E-state index in [1.165, 1.54) is 18.3 Å². The third-order valence-electron chi connectivity index (χ3n) is 4.16. The van der Waals surface area contributed by atoms with Crippen molar-refractivity contribution in [3.63, 3.8) is 0 Å². The Labute approximate surface area is 140 Å². The number of halogens is 1. The highest BCUT2D eigenvalue weighted by molar-refractivity contribution is 5.94. The lowest BCUT2D eigenvalue weighted by atomic mass is 10.1. The predicted octanol–water partition coefficient (Wildman–Crippen LogP) is 2.28. The molecule has 1 aromatic carbocycles. The summed E-state index contributed by atoms with van der Waals surface area (Å²) >= 11 is 0. The molecule has 0 saturated carbocycles. The number of amides is 1. The van der Waals surface area contributed by atoms with Gasteiger partial charge in [0, 0.05) is 31.4 Å². The molecule has 0 spiro atoms. The SMILES string of the molecule is O=C(NCC(O)c1ccccc1F)c1ccc(N2CCCC2)nc1. The van der Waals surface area contributed by atoms with Gasteiger partial charge < -0.3 is 15.3 Å². The molecule has 2 N–H and O–H groups in total. The molecule has 24 heavy (non-hydrogen) atoms. The summed E-state index contributed by atoms with van der Waals surface area (Å²) in [4.78, 5) is 18.6. The molecule has 0 aliphatic carbocycles. The highest BCUT2D eigenvalue weighted by Gasteiger charge is 2.16. The minimum atomic E-state index is -1.09. The molecule has 1 amide bonds. The van der Waals surface area contributed by atoms with Gasteiger partial charge in [0.2, 0.25) is 0 Å². The maximum absolute atomic E-state index is 13.6. The Hall–Kier alpha value is -2.47. The summed E-state index contributed by atoms with van der Waals surface area (Å²) in [7, 11) is 0. The van der Waals surface area contributed by atoms with Crippen LogP contribution in [0.4, 0.5) is 10.2 Å². The number of pyridine rings is 1. The van der Waals surface area contributed by atoms with E-state index in [9.17, 15) is 14.3 Å². The van der Waals surface area contributed by atoms with Gasteiger partial charge in [-0.15, -0.1) is 0 Å². The number of rotatable bonds is 5. The second-order valence-corrected chi connectivity index (χ2v) is 5.85. The number of hydrogen-bond acceptors (Lipinski definition) is 4. The van der Waals surface area contributed by atoms with Gasteiger partial charge >= 0.3 is 0 Å². The van der Waals surface area contributed by atoms with Crippen LogP contribution in [0.15, 0.2) is 42.6 Å². The van der Waals surface area contributed by atoms with Crippen LogP contribution >= 0.6 is 0 Å². The highest BCUT2D eigenvalue weighted by atomic mass is 19.1. The molecule has 3 rings (SSSR count). The first-order valence-electron chi connectivity index (χ1n) is 8.07. The summed E-state index contributed by atoms with van der Waals surface area (Å²) in [5, 5.41) is 12.6. The summed E-state index contributed by atoms with van der Waals surface area (Å²) in [5.41, 5.74) is 0.582. The van der Waals surface area contributed by atoms with E-state index < -0.39 is 11.9 Å². The van der Waals surface area contributed by atoms with Crippen LogP contribution in [0.1, 0.15) is 34.9 Å². The molecule has 2 aromatic rings. The number of aromatic nitrogens is 1. The largest absolute Gasteiger partial charge is 0.386 e. The van der Waals surface area contributed by atoms with Gasteiger partial charge in [-0.05, 0) is 31.0 Å². The molecule has 5 nitrogen and oxygen atoms in total. The predicted molar refractivity (Wildman–Crippen MR) is 89.4 cm³/mol. The third-order valence-corrected chi connectivity index (χ3v) is 4.16. The molecule has 6 heteroatoms. The van der Waals surface area contributed by atoms with E-state index in [0.29, 0.717) is 5.56 Å². The minimum Gasteiger partial charge on any atom is -0.386 e. The maximum atomic E-state index is 13.6. The first-order chi connectivity index (χ1) is 11.6. The highest BCUT2D eigenvalue weighted by Crippen LogP contribution is 2.18. The molecule has 0 bridgehead atoms. The molecule has 0 radical (unpaired) electrons. The first-order valence-corrected chi connectivity index (χ1v) is 8.07. The summed E-state index contributed by atoms with van der Waals surface area (Å²) in [6, 6.07) is 9.51. The Morgan fingerprint density at radius 2 is 2.00 bits per heavy atom. The minimum absolute atomic E-state index is 0.0619. The fourth-order valence-electron chi connectivity index (χ4n) is 2.80. The monoisotopic (exact) mass is 329 g/mol. The van der Waals surface area contributed by atoms with Crippen molar-refractivity contribution in [2.45, 2.75) is 18.9 Å². The molecule has 2 heterocycles. The van der Waals surface area contributed by atoms with Crippen LogP contribution in [0.2, 0.25) is 0 Å². The topological polar surface area (TPSA) is 65.5 Å². The number of carbonyl (C=O) groups excluding carboxylic acids is 1. The van der Waals surface area contributed by atoms with E-state index >= 15 is 0 Å². The van der Waals surface area contributed by atoms with E-state index in [1.54, 1.807) is 18.2 Å². The molecule has 1 saturated heterocycles. The smallest absolute Gasteiger partial charge is 0.252 e. The number of carbonyl (C=O) groups is 1. The number of aliphatic hydroxyl groups excluding tert-OH is 1. The molecular formula is C18H20FN3O2. The summed E-state index contributed by atoms with van der Waals surface area (Å²) in [6.07, 6.45) is 2.76. The quantitative estimate of drug-likeness (QED) is 0.883. The Morgan fingerprint density at radius 1 is 1.25 bits per heavy atom. The average molecular weight is 329 g/mol. The number of aliphatic hydroxyl groups is 1. The molecule has 1 fully saturated rings. The normalized spacial score (nSPS) is 15.3. The zero-order chi connectivity index (χ0) is 16.9. The second kappa shape index (κ2) is 7.40. The lowest BCUT2D eigenvalue weighted by molar-refractivity contribution is 0.0913. The van der Waals surface area contributed by atoms with Gasteiger partial charge in [0.25, 0.3) is 5.91 Å². The standard InChI is InChI=1S/C18H20FN3O2/c19-15-6-2-1-5-14(15)16(23)12-21-18(24)13-7-8-17(20-11-13)22-9-3-4-10-22/h1-2,5-8,11,16,23H,3-4,9-10,12H2,(H,21,24). The van der Waals surface area contributed by atoms with Crippen molar-refractivity contribution in [2.75, 3.05) is 24.5 Å². The van der Waals surface area contributed by atoms with Crippen LogP contribution in [0, 0.1) is 5.82 Å². The van der Waals surface area contributed by atoms with Crippen LogP contribution in [0.5, 0.6) is 0 Å². The summed E-state index contributed by atoms with van der Waals surface area (Å²) in [5.74, 6) is 0.0391. The van der Waals surface area contributed by atoms with Crippen molar-refractivity contribution in [1.82, 2.24) is 10.3 Å². The van der Waals surface area contributed by atoms with Crippen LogP contribution < -0.4 is 10.2 Å². The van der Waals surface area contributed by atoms with E-state index in [-0.39, 0.29) is 18.0 Å². The number of nitrogens with one attached hydrogen (secondary N) is 1. The van der Waals surface area contributed by atoms with Gasteiger partial charge in [-0.1, -0.05) is 18.2 Å². The van der Waals surface area contributed by atoms with Gasteiger partial charge in [-0.2, -0.15) is 0 Å². The van der Waals surface area contributed by atoms with Gasteiger partial charge in [0.15, 0.2) is 0 Å². The zero-order valence-electron chi connectivity index (χ0n) is 13.3. The Bertz CT molecular complexity index is 700. The van der Waals surface area contributed by atoms with Crippen molar-refractivity contribution >= 4 is 11.7 Å². The van der Waals surface area contributed by atoms with Crippen LogP contribution in [-0.4, -0.2) is 35.6 Å². The number of hydrogen-bond donors (Lipinski definition) is 2. The fourth-order valence-corrected chi connectivity index (χ4v) is 2.80. The molecule has 1 aliphatic heterocycles. The zero-order valence-corrected chi connectivity index (χ0v) is 13.3. The first kappa shape index (κ1) is 16.4. The van der Waals surface area contributed by atoms with Crippen molar-refractivity contribution in [3.8, 4) is 0 Å². The molecule has 1 unspecified atom stereocenters. The van der Waals surface area contributed by atoms with Crippen LogP contribution in [0.25, 0.3) is 0 Å². The van der Waals surface area contributed by atoms with Crippen molar-refractivity contribution in [3.05, 3.63) is 59.5 Å². The second-order valence-electron chi connectivity index (χ2n) is 5.85. The van der Waals surface area contributed by atoms with E-state index in [4.69, 9.17) is 0 Å².